The van der Waals surface area contributed by atoms with E-state index in [-0.39, 0.29) is 34.7 Å². The number of amides is 1. The number of nitrogens with one attached hydrogen (secondary N) is 2. The van der Waals surface area contributed by atoms with Crippen molar-refractivity contribution in [3.8, 4) is 5.75 Å². The SMILES string of the molecule is CC(CCc1ccco1)NC(=O)c1cc(S(=O)(=O)NCCOc2ccccc2)ccc1Cl. The highest BCUT2D eigenvalue weighted by Gasteiger charge is 2.19. The highest BCUT2D eigenvalue weighted by molar-refractivity contribution is 7.89. The van der Waals surface area contributed by atoms with Crippen LogP contribution in [0, 0.1) is 0 Å². The molecule has 0 aliphatic carbocycles. The van der Waals surface area contributed by atoms with Gasteiger partial charge in [0, 0.05) is 19.0 Å². The lowest BCUT2D eigenvalue weighted by Gasteiger charge is -2.15. The van der Waals surface area contributed by atoms with Crippen molar-refractivity contribution in [3.63, 3.8) is 0 Å². The third-order valence-corrected chi connectivity index (χ3v) is 6.47. The van der Waals surface area contributed by atoms with E-state index in [9.17, 15) is 13.2 Å². The van der Waals surface area contributed by atoms with Crippen LogP contribution in [-0.4, -0.2) is 33.5 Å². The number of aryl methyl sites for hydroxylation is 1. The first-order chi connectivity index (χ1) is 15.3. The molecule has 1 unspecified atom stereocenters. The lowest BCUT2D eigenvalue weighted by molar-refractivity contribution is 0.0938. The fraction of sp³-hybridized carbons (Fsp3) is 0.261. The van der Waals surface area contributed by atoms with Crippen LogP contribution in [-0.2, 0) is 16.4 Å². The van der Waals surface area contributed by atoms with Gasteiger partial charge >= 0.3 is 0 Å². The molecule has 32 heavy (non-hydrogen) atoms. The minimum atomic E-state index is -3.84. The number of sulfonamides is 1. The fourth-order valence-electron chi connectivity index (χ4n) is 2.98. The topological polar surface area (TPSA) is 97.6 Å². The Morgan fingerprint density at radius 1 is 1.12 bits per heavy atom. The van der Waals surface area contributed by atoms with Crippen LogP contribution < -0.4 is 14.8 Å². The monoisotopic (exact) mass is 476 g/mol. The van der Waals surface area contributed by atoms with Crippen molar-refractivity contribution in [1.82, 2.24) is 10.0 Å². The van der Waals surface area contributed by atoms with Crippen LogP contribution in [0.3, 0.4) is 0 Å². The summed E-state index contributed by atoms with van der Waals surface area (Å²) in [5.74, 6) is 1.05. The Balaban J connectivity index is 1.57. The zero-order valence-corrected chi connectivity index (χ0v) is 19.2. The maximum absolute atomic E-state index is 12.7. The summed E-state index contributed by atoms with van der Waals surface area (Å²) < 4.78 is 38.5. The number of benzene rings is 2. The van der Waals surface area contributed by atoms with E-state index in [1.54, 1.807) is 18.4 Å². The molecule has 1 amide bonds. The van der Waals surface area contributed by atoms with Crippen LogP contribution in [0.2, 0.25) is 5.02 Å². The summed E-state index contributed by atoms with van der Waals surface area (Å²) in [6.45, 7) is 2.10. The summed E-state index contributed by atoms with van der Waals surface area (Å²) >= 11 is 6.17. The minimum absolute atomic E-state index is 0.0463. The van der Waals surface area contributed by atoms with Gasteiger partial charge in [-0.3, -0.25) is 4.79 Å². The van der Waals surface area contributed by atoms with Crippen molar-refractivity contribution in [2.75, 3.05) is 13.2 Å². The Labute approximate surface area is 192 Å². The number of halogens is 1. The molecular formula is C23H25ClN2O5S. The quantitative estimate of drug-likeness (QED) is 0.407. The Bertz CT molecular complexity index is 1120. The van der Waals surface area contributed by atoms with E-state index in [2.05, 4.69) is 10.0 Å². The Morgan fingerprint density at radius 3 is 2.62 bits per heavy atom. The summed E-state index contributed by atoms with van der Waals surface area (Å²) in [5, 5.41) is 3.02. The van der Waals surface area contributed by atoms with E-state index in [4.69, 9.17) is 20.8 Å². The molecular weight excluding hydrogens is 452 g/mol. The number of rotatable bonds is 11. The molecule has 1 heterocycles. The number of carbonyl (C=O) groups is 1. The highest BCUT2D eigenvalue weighted by Crippen LogP contribution is 2.21. The summed E-state index contributed by atoms with van der Waals surface area (Å²) in [6, 6.07) is 16.7. The smallest absolute Gasteiger partial charge is 0.253 e. The maximum Gasteiger partial charge on any atom is 0.253 e. The molecule has 2 N–H and O–H groups in total. The molecule has 0 radical (unpaired) electrons. The first kappa shape index (κ1) is 23.8. The van der Waals surface area contributed by atoms with E-state index < -0.39 is 15.9 Å². The van der Waals surface area contributed by atoms with Crippen molar-refractivity contribution >= 4 is 27.5 Å². The van der Waals surface area contributed by atoms with E-state index in [0.29, 0.717) is 18.6 Å². The first-order valence-corrected chi connectivity index (χ1v) is 12.0. The molecule has 2 aromatic carbocycles. The third-order valence-electron chi connectivity index (χ3n) is 4.68. The molecule has 9 heteroatoms. The maximum atomic E-state index is 12.7. The number of hydrogen-bond donors (Lipinski definition) is 2. The van der Waals surface area contributed by atoms with Gasteiger partial charge in [-0.15, -0.1) is 0 Å². The van der Waals surface area contributed by atoms with Crippen molar-refractivity contribution in [2.24, 2.45) is 0 Å². The van der Waals surface area contributed by atoms with Gasteiger partial charge in [0.15, 0.2) is 0 Å². The average molecular weight is 477 g/mol. The van der Waals surface area contributed by atoms with E-state index >= 15 is 0 Å². The zero-order valence-electron chi connectivity index (χ0n) is 17.6. The van der Waals surface area contributed by atoms with E-state index in [1.807, 2.05) is 37.3 Å². The largest absolute Gasteiger partial charge is 0.492 e. The Kier molecular flexibility index (Phi) is 8.33. The molecule has 1 atom stereocenters. The van der Waals surface area contributed by atoms with Gasteiger partial charge in [-0.2, -0.15) is 0 Å². The van der Waals surface area contributed by atoms with Crippen LogP contribution in [0.5, 0.6) is 5.75 Å². The standard InChI is InChI=1S/C23H25ClN2O5S/c1-17(9-10-19-8-5-14-30-19)26-23(27)21-16-20(11-12-22(21)24)32(28,29)25-13-15-31-18-6-3-2-4-7-18/h2-8,11-12,14,16-17,25H,9-10,13,15H2,1H3,(H,26,27). The molecule has 0 fully saturated rings. The summed E-state index contributed by atoms with van der Waals surface area (Å²) in [7, 11) is -3.84. The van der Waals surface area contributed by atoms with Crippen molar-refractivity contribution in [2.45, 2.75) is 30.7 Å². The normalized spacial score (nSPS) is 12.3. The fourth-order valence-corrected chi connectivity index (χ4v) is 4.22. The molecule has 0 saturated carbocycles. The second-order valence-corrected chi connectivity index (χ2v) is 9.37. The molecule has 0 aliphatic heterocycles. The molecule has 3 aromatic rings. The predicted molar refractivity (Wildman–Crippen MR) is 123 cm³/mol. The van der Waals surface area contributed by atoms with Gasteiger partial charge < -0.3 is 14.5 Å². The van der Waals surface area contributed by atoms with Gasteiger partial charge in [-0.25, -0.2) is 13.1 Å². The van der Waals surface area contributed by atoms with Gasteiger partial charge in [0.1, 0.15) is 18.1 Å². The summed E-state index contributed by atoms with van der Waals surface area (Å²) in [6.07, 6.45) is 2.94. The predicted octanol–water partition coefficient (Wildman–Crippen LogP) is 4.04. The summed E-state index contributed by atoms with van der Waals surface area (Å²) in [4.78, 5) is 12.6. The minimum Gasteiger partial charge on any atom is -0.492 e. The Hall–Kier alpha value is -2.81. The molecule has 1 aromatic heterocycles. The molecule has 0 aliphatic rings. The van der Waals surface area contributed by atoms with Crippen molar-refractivity contribution in [1.29, 1.82) is 0 Å². The molecule has 3 rings (SSSR count). The van der Waals surface area contributed by atoms with Crippen LogP contribution in [0.1, 0.15) is 29.5 Å². The third kappa shape index (κ3) is 6.85. The van der Waals surface area contributed by atoms with Gasteiger partial charge in [0.05, 0.1) is 21.7 Å². The first-order valence-electron chi connectivity index (χ1n) is 10.2. The van der Waals surface area contributed by atoms with Gasteiger partial charge in [-0.05, 0) is 55.8 Å². The van der Waals surface area contributed by atoms with Gasteiger partial charge in [-0.1, -0.05) is 29.8 Å². The molecule has 0 spiro atoms. The van der Waals surface area contributed by atoms with Crippen molar-refractivity contribution < 1.29 is 22.4 Å². The molecule has 0 bridgehead atoms. The number of carbonyl (C=O) groups excluding carboxylic acids is 1. The number of para-hydroxylation sites is 1. The zero-order chi connectivity index (χ0) is 23.0. The molecule has 170 valence electrons. The van der Waals surface area contributed by atoms with Gasteiger partial charge in [0.25, 0.3) is 5.91 Å². The summed E-state index contributed by atoms with van der Waals surface area (Å²) in [5.41, 5.74) is 0.0972. The highest BCUT2D eigenvalue weighted by atomic mass is 35.5. The van der Waals surface area contributed by atoms with Crippen molar-refractivity contribution in [3.05, 3.63) is 83.3 Å². The van der Waals surface area contributed by atoms with Crippen LogP contribution >= 0.6 is 11.6 Å². The second kappa shape index (κ2) is 11.2. The second-order valence-electron chi connectivity index (χ2n) is 7.19. The van der Waals surface area contributed by atoms with Crippen LogP contribution in [0.15, 0.2) is 76.2 Å². The lowest BCUT2D eigenvalue weighted by atomic mass is 10.1. The van der Waals surface area contributed by atoms with E-state index in [0.717, 1.165) is 5.76 Å². The molecule has 7 nitrogen and oxygen atoms in total. The Morgan fingerprint density at radius 2 is 1.91 bits per heavy atom. The lowest BCUT2D eigenvalue weighted by Crippen LogP contribution is -2.33. The molecule has 0 saturated heterocycles. The van der Waals surface area contributed by atoms with Crippen LogP contribution in [0.25, 0.3) is 0 Å². The number of ether oxygens (including phenoxy) is 1. The van der Waals surface area contributed by atoms with Gasteiger partial charge in [0.2, 0.25) is 10.0 Å². The number of hydrogen-bond acceptors (Lipinski definition) is 5. The van der Waals surface area contributed by atoms with Crippen LogP contribution in [0.4, 0.5) is 0 Å². The average Bonchev–Trinajstić information content (AvgIpc) is 3.30. The van der Waals surface area contributed by atoms with E-state index in [1.165, 1.54) is 18.2 Å². The number of furan rings is 1.